The van der Waals surface area contributed by atoms with E-state index in [-0.39, 0.29) is 6.04 Å². The zero-order chi connectivity index (χ0) is 13.0. The highest BCUT2D eigenvalue weighted by Gasteiger charge is 2.17. The van der Waals surface area contributed by atoms with E-state index in [1.54, 1.807) is 6.26 Å². The van der Waals surface area contributed by atoms with Crippen molar-refractivity contribution in [2.24, 2.45) is 5.73 Å². The van der Waals surface area contributed by atoms with Gasteiger partial charge in [-0.1, -0.05) is 29.8 Å². The number of furan rings is 1. The minimum Gasteiger partial charge on any atom is -0.468 e. The van der Waals surface area contributed by atoms with E-state index in [0.717, 1.165) is 11.5 Å². The van der Waals surface area contributed by atoms with E-state index >= 15 is 0 Å². The number of benzene rings is 1. The summed E-state index contributed by atoms with van der Waals surface area (Å²) in [6, 6.07) is 12.6. The van der Waals surface area contributed by atoms with Crippen LogP contribution in [0.15, 0.2) is 47.1 Å². The van der Waals surface area contributed by atoms with Crippen LogP contribution in [0.3, 0.4) is 0 Å². The van der Waals surface area contributed by atoms with Gasteiger partial charge in [-0.05, 0) is 31.5 Å². The number of hydrogen-bond acceptors (Lipinski definition) is 3. The highest BCUT2D eigenvalue weighted by atomic mass is 32.2. The first-order valence-electron chi connectivity index (χ1n) is 6.13. The Hall–Kier alpha value is -1.19. The highest BCUT2D eigenvalue weighted by Crippen LogP contribution is 2.34. The van der Waals surface area contributed by atoms with Crippen molar-refractivity contribution in [3.63, 3.8) is 0 Å². The molecular weight excluding hydrogens is 242 g/mol. The normalized spacial score (nSPS) is 14.4. The van der Waals surface area contributed by atoms with E-state index < -0.39 is 0 Å². The molecule has 2 rings (SSSR count). The maximum Gasteiger partial charge on any atom is 0.113 e. The van der Waals surface area contributed by atoms with Gasteiger partial charge in [0.05, 0.1) is 12.0 Å². The van der Waals surface area contributed by atoms with Crippen molar-refractivity contribution in [2.45, 2.75) is 30.9 Å². The van der Waals surface area contributed by atoms with Gasteiger partial charge in [0.25, 0.3) is 0 Å². The lowest BCUT2D eigenvalue weighted by Gasteiger charge is -2.20. The predicted octanol–water partition coefficient (Wildman–Crippen LogP) is 3.91. The van der Waals surface area contributed by atoms with Crippen LogP contribution in [0.2, 0.25) is 0 Å². The summed E-state index contributed by atoms with van der Waals surface area (Å²) in [4.78, 5) is 0. The third-order valence-electron chi connectivity index (χ3n) is 2.83. The van der Waals surface area contributed by atoms with Crippen molar-refractivity contribution in [3.8, 4) is 0 Å². The second-order valence-corrected chi connectivity index (χ2v) is 5.71. The summed E-state index contributed by atoms with van der Waals surface area (Å²) in [6.07, 6.45) is 1.71. The molecular formula is C15H19NOS. The Morgan fingerprint density at radius 3 is 2.72 bits per heavy atom. The fourth-order valence-corrected chi connectivity index (χ4v) is 3.12. The number of hydrogen-bond donors (Lipinski definition) is 1. The van der Waals surface area contributed by atoms with Crippen LogP contribution in [0.25, 0.3) is 0 Å². The van der Waals surface area contributed by atoms with E-state index in [1.807, 2.05) is 23.9 Å². The Morgan fingerprint density at radius 1 is 1.28 bits per heavy atom. The van der Waals surface area contributed by atoms with Crippen molar-refractivity contribution in [1.29, 1.82) is 0 Å². The molecule has 0 bridgehead atoms. The molecule has 0 amide bonds. The lowest BCUT2D eigenvalue weighted by atomic mass is 10.0. The smallest absolute Gasteiger partial charge is 0.113 e. The predicted molar refractivity (Wildman–Crippen MR) is 77.6 cm³/mol. The first kappa shape index (κ1) is 13.2. The van der Waals surface area contributed by atoms with Gasteiger partial charge in [0, 0.05) is 11.3 Å². The minimum atomic E-state index is 0.117. The maximum absolute atomic E-state index is 6.11. The van der Waals surface area contributed by atoms with Crippen LogP contribution in [-0.4, -0.2) is 6.04 Å². The molecule has 1 aromatic carbocycles. The quantitative estimate of drug-likeness (QED) is 0.887. The Balaban J connectivity index is 2.08. The van der Waals surface area contributed by atoms with Crippen molar-refractivity contribution in [1.82, 2.24) is 0 Å². The summed E-state index contributed by atoms with van der Waals surface area (Å²) >= 11 is 1.83. The molecule has 1 aromatic heterocycles. The van der Waals surface area contributed by atoms with Gasteiger partial charge in [-0.15, -0.1) is 11.8 Å². The Morgan fingerprint density at radius 2 is 2.11 bits per heavy atom. The SMILES string of the molecule is Cc1cccc(C(SCc2ccco2)C(C)N)c1. The van der Waals surface area contributed by atoms with Crippen LogP contribution in [0.5, 0.6) is 0 Å². The first-order chi connectivity index (χ1) is 8.66. The summed E-state index contributed by atoms with van der Waals surface area (Å²) in [5, 5.41) is 0.301. The molecule has 0 fully saturated rings. The molecule has 2 aromatic rings. The molecule has 2 unspecified atom stereocenters. The van der Waals surface area contributed by atoms with Crippen molar-refractivity contribution < 1.29 is 4.42 Å². The zero-order valence-electron chi connectivity index (χ0n) is 10.8. The molecule has 3 heteroatoms. The van der Waals surface area contributed by atoms with Crippen molar-refractivity contribution >= 4 is 11.8 Å². The summed E-state index contributed by atoms with van der Waals surface area (Å²) in [6.45, 7) is 4.17. The number of rotatable bonds is 5. The van der Waals surface area contributed by atoms with Crippen molar-refractivity contribution in [2.75, 3.05) is 0 Å². The molecule has 0 aliphatic rings. The number of thioether (sulfide) groups is 1. The summed E-state index contributed by atoms with van der Waals surface area (Å²) in [5.41, 5.74) is 8.67. The monoisotopic (exact) mass is 261 g/mol. The van der Waals surface area contributed by atoms with Gasteiger partial charge in [0.1, 0.15) is 5.76 Å². The third kappa shape index (κ3) is 3.40. The number of aryl methyl sites for hydroxylation is 1. The lowest BCUT2D eigenvalue weighted by molar-refractivity contribution is 0.530. The van der Waals surface area contributed by atoms with E-state index in [0.29, 0.717) is 5.25 Å². The Labute approximate surface area is 113 Å². The average Bonchev–Trinajstić information content (AvgIpc) is 2.82. The molecule has 0 aliphatic carbocycles. The summed E-state index contributed by atoms with van der Waals surface area (Å²) in [7, 11) is 0. The van der Waals surface area contributed by atoms with Crippen LogP contribution in [0.4, 0.5) is 0 Å². The highest BCUT2D eigenvalue weighted by molar-refractivity contribution is 7.98. The van der Waals surface area contributed by atoms with Gasteiger partial charge in [0.15, 0.2) is 0 Å². The Bertz CT molecular complexity index is 479. The molecule has 0 saturated heterocycles. The second-order valence-electron chi connectivity index (χ2n) is 4.58. The molecule has 2 atom stereocenters. The largest absolute Gasteiger partial charge is 0.468 e. The third-order valence-corrected chi connectivity index (χ3v) is 4.35. The molecule has 2 nitrogen and oxygen atoms in total. The molecule has 18 heavy (non-hydrogen) atoms. The number of nitrogens with two attached hydrogens (primary N) is 1. The van der Waals surface area contributed by atoms with Gasteiger partial charge < -0.3 is 10.2 Å². The summed E-state index contributed by atoms with van der Waals surface area (Å²) < 4.78 is 5.36. The minimum absolute atomic E-state index is 0.117. The fourth-order valence-electron chi connectivity index (χ4n) is 1.97. The van der Waals surface area contributed by atoms with Crippen molar-refractivity contribution in [3.05, 3.63) is 59.5 Å². The van der Waals surface area contributed by atoms with E-state index in [1.165, 1.54) is 11.1 Å². The first-order valence-corrected chi connectivity index (χ1v) is 7.18. The van der Waals surface area contributed by atoms with Gasteiger partial charge in [0.2, 0.25) is 0 Å². The van der Waals surface area contributed by atoms with Crippen LogP contribution < -0.4 is 5.73 Å². The Kier molecular flexibility index (Phi) is 4.50. The standard InChI is InChI=1S/C15H19NOS/c1-11-5-3-6-13(9-11)15(12(2)16)18-10-14-7-4-8-17-14/h3-9,12,15H,10,16H2,1-2H3. The molecule has 0 radical (unpaired) electrons. The van der Waals surface area contributed by atoms with Gasteiger partial charge >= 0.3 is 0 Å². The van der Waals surface area contributed by atoms with E-state index in [4.69, 9.17) is 10.2 Å². The molecule has 96 valence electrons. The fraction of sp³-hybridized carbons (Fsp3) is 0.333. The lowest BCUT2D eigenvalue weighted by Crippen LogP contribution is -2.22. The maximum atomic E-state index is 6.11. The molecule has 2 N–H and O–H groups in total. The topological polar surface area (TPSA) is 39.2 Å². The molecule has 0 aliphatic heterocycles. The van der Waals surface area contributed by atoms with Crippen LogP contribution in [0.1, 0.15) is 29.1 Å². The summed E-state index contributed by atoms with van der Waals surface area (Å²) in [5.74, 6) is 1.85. The zero-order valence-corrected chi connectivity index (χ0v) is 11.6. The molecule has 0 spiro atoms. The van der Waals surface area contributed by atoms with E-state index in [2.05, 4.69) is 38.1 Å². The van der Waals surface area contributed by atoms with Gasteiger partial charge in [-0.2, -0.15) is 0 Å². The van der Waals surface area contributed by atoms with Crippen LogP contribution in [-0.2, 0) is 5.75 Å². The molecule has 0 saturated carbocycles. The van der Waals surface area contributed by atoms with E-state index in [9.17, 15) is 0 Å². The van der Waals surface area contributed by atoms with Gasteiger partial charge in [-0.25, -0.2) is 0 Å². The van der Waals surface area contributed by atoms with Crippen LogP contribution in [0, 0.1) is 6.92 Å². The molecule has 1 heterocycles. The van der Waals surface area contributed by atoms with Gasteiger partial charge in [-0.3, -0.25) is 0 Å². The van der Waals surface area contributed by atoms with Crippen LogP contribution >= 0.6 is 11.8 Å². The second kappa shape index (κ2) is 6.12. The average molecular weight is 261 g/mol.